The molecule has 0 atom stereocenters. The van der Waals surface area contributed by atoms with Gasteiger partial charge in [-0.25, -0.2) is 4.98 Å². The van der Waals surface area contributed by atoms with Gasteiger partial charge in [-0.1, -0.05) is 36.0 Å². The summed E-state index contributed by atoms with van der Waals surface area (Å²) in [5.41, 5.74) is 2.01. The van der Waals surface area contributed by atoms with Crippen LogP contribution < -0.4 is 9.88 Å². The molecule has 4 rings (SSSR count). The normalized spacial score (nSPS) is 14.3. The number of anilines is 1. The number of nitrogens with one attached hydrogen (secondary N) is 1. The van der Waals surface area contributed by atoms with Gasteiger partial charge in [0.25, 0.3) is 5.82 Å². The fourth-order valence-electron chi connectivity index (χ4n) is 3.22. The second-order valence-corrected chi connectivity index (χ2v) is 7.51. The van der Waals surface area contributed by atoms with Gasteiger partial charge in [-0.15, -0.1) is 5.10 Å². The Balaban J connectivity index is 1.34. The largest absolute Gasteiger partial charge is 0.334 e. The first kappa shape index (κ1) is 18.4. The number of pyridine rings is 1. The van der Waals surface area contributed by atoms with Gasteiger partial charge < -0.3 is 4.90 Å². The Labute approximate surface area is 167 Å². The van der Waals surface area contributed by atoms with Crippen molar-refractivity contribution in [2.75, 3.05) is 36.8 Å². The van der Waals surface area contributed by atoms with Crippen LogP contribution in [0.5, 0.6) is 0 Å². The number of rotatable bonds is 5. The molecule has 0 saturated carbocycles. The Kier molecular flexibility index (Phi) is 5.52. The zero-order chi connectivity index (χ0) is 19.3. The minimum absolute atomic E-state index is 0.112. The number of thioether (sulfide) groups is 1. The monoisotopic (exact) mass is 396 g/mol. The van der Waals surface area contributed by atoms with Crippen LogP contribution in [0.2, 0.25) is 0 Å². The lowest BCUT2D eigenvalue weighted by Gasteiger charge is -2.30. The fourth-order valence-corrected chi connectivity index (χ4v) is 4.00. The van der Waals surface area contributed by atoms with Crippen LogP contribution in [0.3, 0.4) is 0 Å². The number of tetrazole rings is 1. The third-order valence-corrected chi connectivity index (χ3v) is 5.68. The number of amides is 1. The van der Waals surface area contributed by atoms with E-state index in [-0.39, 0.29) is 5.91 Å². The molecule has 0 unspecified atom stereocenters. The number of nitrogens with zero attached hydrogens (tertiary/aromatic N) is 6. The molecule has 1 N–H and O–H groups in total. The van der Waals surface area contributed by atoms with Crippen molar-refractivity contribution in [3.63, 3.8) is 0 Å². The van der Waals surface area contributed by atoms with Crippen LogP contribution >= 0.6 is 11.8 Å². The topological polar surface area (TPSA) is 81.3 Å². The van der Waals surface area contributed by atoms with Crippen molar-refractivity contribution < 1.29 is 9.78 Å². The smallest absolute Gasteiger partial charge is 0.274 e. The summed E-state index contributed by atoms with van der Waals surface area (Å²) in [6, 6.07) is 13.9. The number of hydrogen-bond donors (Lipinski definition) is 0. The van der Waals surface area contributed by atoms with E-state index in [4.69, 9.17) is 0 Å². The number of para-hydroxylation sites is 1. The lowest BCUT2D eigenvalue weighted by Crippen LogP contribution is -2.50. The first-order chi connectivity index (χ1) is 13.7. The van der Waals surface area contributed by atoms with Crippen LogP contribution in [-0.2, 0) is 4.79 Å². The zero-order valence-corrected chi connectivity index (χ0v) is 16.5. The molecule has 0 spiro atoms. The Morgan fingerprint density at radius 2 is 1.89 bits per heavy atom. The third kappa shape index (κ3) is 3.99. The number of carbonyl (C=O) groups is 1. The van der Waals surface area contributed by atoms with Gasteiger partial charge in [0.2, 0.25) is 11.1 Å². The summed E-state index contributed by atoms with van der Waals surface area (Å²) in [5.74, 6) is 1.52. The van der Waals surface area contributed by atoms with Gasteiger partial charge in [-0.05, 0) is 35.0 Å². The number of aromatic nitrogens is 5. The maximum absolute atomic E-state index is 12.7. The minimum atomic E-state index is 0.112. The van der Waals surface area contributed by atoms with E-state index in [2.05, 4.69) is 31.5 Å². The average Bonchev–Trinajstić information content (AvgIpc) is 3.21. The van der Waals surface area contributed by atoms with E-state index in [1.807, 2.05) is 54.4 Å². The molecule has 1 amide bonds. The molecule has 8 nitrogen and oxygen atoms in total. The number of piperazine rings is 1. The van der Waals surface area contributed by atoms with Crippen molar-refractivity contribution in [3.8, 4) is 5.69 Å². The second-order valence-electron chi connectivity index (χ2n) is 6.56. The van der Waals surface area contributed by atoms with Crippen LogP contribution in [0.25, 0.3) is 5.69 Å². The molecule has 1 fully saturated rings. The number of benzene rings is 1. The Bertz CT molecular complexity index is 938. The molecule has 1 aromatic carbocycles. The molecule has 0 aliphatic carbocycles. The molecule has 3 aromatic rings. The van der Waals surface area contributed by atoms with Crippen LogP contribution in [0.4, 0.5) is 5.82 Å². The second kappa shape index (κ2) is 8.39. The van der Waals surface area contributed by atoms with Crippen molar-refractivity contribution in [1.29, 1.82) is 0 Å². The summed E-state index contributed by atoms with van der Waals surface area (Å²) in [5, 5.41) is 12.6. The predicted octanol–water partition coefficient (Wildman–Crippen LogP) is 1.23. The quantitative estimate of drug-likeness (QED) is 0.604. The SMILES string of the molecule is Cc1ccccc1-n1nnnc1SCC(=O)N1CCN(c2cccc[nH+]2)CC1. The summed E-state index contributed by atoms with van der Waals surface area (Å²) in [6.45, 7) is 5.08. The molecule has 0 radical (unpaired) electrons. The van der Waals surface area contributed by atoms with Gasteiger partial charge in [0.1, 0.15) is 13.1 Å². The van der Waals surface area contributed by atoms with Crippen LogP contribution in [0.1, 0.15) is 5.56 Å². The summed E-state index contributed by atoms with van der Waals surface area (Å²) < 4.78 is 1.69. The standard InChI is InChI=1S/C19H21N7OS/c1-15-6-2-3-7-16(15)26-19(21-22-23-26)28-14-18(27)25-12-10-24(11-13-25)17-8-4-5-9-20-17/h2-9H,10-14H2,1H3/p+1. The van der Waals surface area contributed by atoms with E-state index in [1.165, 1.54) is 11.8 Å². The highest BCUT2D eigenvalue weighted by Gasteiger charge is 2.26. The van der Waals surface area contributed by atoms with Crippen molar-refractivity contribution in [2.45, 2.75) is 12.1 Å². The summed E-state index contributed by atoms with van der Waals surface area (Å²) >= 11 is 1.37. The van der Waals surface area contributed by atoms with Crippen molar-refractivity contribution in [3.05, 3.63) is 54.2 Å². The van der Waals surface area contributed by atoms with Crippen molar-refractivity contribution in [1.82, 2.24) is 25.1 Å². The molecule has 1 aliphatic heterocycles. The van der Waals surface area contributed by atoms with Crippen molar-refractivity contribution in [2.24, 2.45) is 0 Å². The highest BCUT2D eigenvalue weighted by molar-refractivity contribution is 7.99. The number of hydrogen-bond acceptors (Lipinski definition) is 6. The van der Waals surface area contributed by atoms with E-state index in [0.717, 1.165) is 30.2 Å². The summed E-state index contributed by atoms with van der Waals surface area (Å²) in [7, 11) is 0. The van der Waals surface area contributed by atoms with Gasteiger partial charge in [0.05, 0.1) is 30.7 Å². The van der Waals surface area contributed by atoms with E-state index in [0.29, 0.717) is 24.0 Å². The summed E-state index contributed by atoms with van der Waals surface area (Å²) in [6.07, 6.45) is 1.92. The molecule has 9 heteroatoms. The van der Waals surface area contributed by atoms with Gasteiger partial charge in [-0.2, -0.15) is 4.68 Å². The molecule has 0 bridgehead atoms. The Hall–Kier alpha value is -2.94. The van der Waals surface area contributed by atoms with E-state index >= 15 is 0 Å². The first-order valence-electron chi connectivity index (χ1n) is 9.19. The Morgan fingerprint density at radius 3 is 2.64 bits per heavy atom. The lowest BCUT2D eigenvalue weighted by molar-refractivity contribution is -0.364. The number of carbonyl (C=O) groups excluding carboxylic acids is 1. The van der Waals surface area contributed by atoms with E-state index in [9.17, 15) is 4.79 Å². The van der Waals surface area contributed by atoms with Gasteiger partial charge in [-0.3, -0.25) is 9.69 Å². The van der Waals surface area contributed by atoms with Gasteiger partial charge in [0.15, 0.2) is 0 Å². The lowest BCUT2D eigenvalue weighted by atomic mass is 10.2. The number of aryl methyl sites for hydroxylation is 1. The zero-order valence-electron chi connectivity index (χ0n) is 15.7. The number of aromatic amines is 1. The predicted molar refractivity (Wildman–Crippen MR) is 106 cm³/mol. The number of H-pyrrole nitrogens is 1. The molecular weight excluding hydrogens is 374 g/mol. The first-order valence-corrected chi connectivity index (χ1v) is 10.2. The molecule has 144 valence electrons. The molecular formula is C19H22N7OS+. The third-order valence-electron chi connectivity index (χ3n) is 4.77. The van der Waals surface area contributed by atoms with Gasteiger partial charge in [0, 0.05) is 6.07 Å². The Morgan fingerprint density at radius 1 is 1.11 bits per heavy atom. The van der Waals surface area contributed by atoms with Crippen LogP contribution in [-0.4, -0.2) is 62.9 Å². The van der Waals surface area contributed by atoms with Crippen LogP contribution in [0, 0.1) is 6.92 Å². The van der Waals surface area contributed by atoms with Crippen molar-refractivity contribution >= 4 is 23.5 Å². The van der Waals surface area contributed by atoms with E-state index in [1.54, 1.807) is 4.68 Å². The molecule has 1 aliphatic rings. The maximum atomic E-state index is 12.7. The minimum Gasteiger partial charge on any atom is -0.334 e. The highest BCUT2D eigenvalue weighted by Crippen LogP contribution is 2.21. The van der Waals surface area contributed by atoms with Gasteiger partial charge >= 0.3 is 0 Å². The molecule has 2 aromatic heterocycles. The average molecular weight is 397 g/mol. The van der Waals surface area contributed by atoms with Crippen LogP contribution in [0.15, 0.2) is 53.8 Å². The molecule has 3 heterocycles. The highest BCUT2D eigenvalue weighted by atomic mass is 32.2. The maximum Gasteiger partial charge on any atom is 0.274 e. The summed E-state index contributed by atoms with van der Waals surface area (Å²) in [4.78, 5) is 20.1. The molecule has 1 saturated heterocycles. The fraction of sp³-hybridized carbons (Fsp3) is 0.316. The molecule has 28 heavy (non-hydrogen) atoms. The van der Waals surface area contributed by atoms with E-state index < -0.39 is 0 Å².